The van der Waals surface area contributed by atoms with Crippen molar-refractivity contribution in [3.05, 3.63) is 95.3 Å². The summed E-state index contributed by atoms with van der Waals surface area (Å²) in [5, 5.41) is 3.37. The van der Waals surface area contributed by atoms with Crippen LogP contribution in [0.3, 0.4) is 0 Å². The molecule has 0 atom stereocenters. The Morgan fingerprint density at radius 1 is 0.967 bits per heavy atom. The number of carbonyl (C=O) groups is 1. The van der Waals surface area contributed by atoms with E-state index in [4.69, 9.17) is 21.3 Å². The summed E-state index contributed by atoms with van der Waals surface area (Å²) in [6.07, 6.45) is 0.820. The number of aromatic nitrogens is 2. The Balaban J connectivity index is 1.45. The number of halogens is 1. The molecular formula is C24H22ClN3O2. The molecule has 152 valence electrons. The van der Waals surface area contributed by atoms with E-state index in [1.165, 1.54) is 0 Å². The summed E-state index contributed by atoms with van der Waals surface area (Å²) in [6.45, 7) is 1.66. The summed E-state index contributed by atoms with van der Waals surface area (Å²) in [4.78, 5) is 17.2. The van der Waals surface area contributed by atoms with E-state index < -0.39 is 0 Å². The zero-order chi connectivity index (χ0) is 20.8. The van der Waals surface area contributed by atoms with Crippen molar-refractivity contribution in [1.29, 1.82) is 0 Å². The first-order valence-corrected chi connectivity index (χ1v) is 10.2. The lowest BCUT2D eigenvalue weighted by molar-refractivity contribution is 0.0949. The summed E-state index contributed by atoms with van der Waals surface area (Å²) >= 11 is 6.14. The van der Waals surface area contributed by atoms with Crippen molar-refractivity contribution < 1.29 is 9.53 Å². The Labute approximate surface area is 180 Å². The van der Waals surface area contributed by atoms with Gasteiger partial charge in [0, 0.05) is 6.54 Å². The maximum Gasteiger partial charge on any atom is 0.253 e. The number of rotatable bonds is 8. The van der Waals surface area contributed by atoms with Crippen molar-refractivity contribution in [1.82, 2.24) is 14.9 Å². The molecule has 0 saturated carbocycles. The van der Waals surface area contributed by atoms with E-state index in [0.717, 1.165) is 35.6 Å². The number of amides is 1. The first kappa shape index (κ1) is 20.0. The molecule has 0 aliphatic rings. The first-order chi connectivity index (χ1) is 14.7. The van der Waals surface area contributed by atoms with E-state index in [1.54, 1.807) is 24.3 Å². The maximum absolute atomic E-state index is 12.5. The SMILES string of the molecule is O=C(NCc1nc2ccccc2n1CCCOc1ccccc1)c1ccccc1Cl. The average molecular weight is 420 g/mol. The lowest BCUT2D eigenvalue weighted by Gasteiger charge is -2.11. The zero-order valence-electron chi connectivity index (χ0n) is 16.4. The highest BCUT2D eigenvalue weighted by Crippen LogP contribution is 2.18. The van der Waals surface area contributed by atoms with E-state index in [9.17, 15) is 4.79 Å². The van der Waals surface area contributed by atoms with Gasteiger partial charge in [-0.05, 0) is 42.8 Å². The van der Waals surface area contributed by atoms with Crippen LogP contribution < -0.4 is 10.1 Å². The number of imidazole rings is 1. The molecule has 0 radical (unpaired) electrons. The summed E-state index contributed by atoms with van der Waals surface area (Å²) in [7, 11) is 0. The standard InChI is InChI=1S/C24H22ClN3O2/c25-20-12-5-4-11-19(20)24(29)26-17-23-27-21-13-6-7-14-22(21)28(23)15-8-16-30-18-9-2-1-3-10-18/h1-7,9-14H,8,15-17H2,(H,26,29). The fraction of sp³-hybridized carbons (Fsp3) is 0.167. The fourth-order valence-electron chi connectivity index (χ4n) is 3.34. The Morgan fingerprint density at radius 3 is 2.53 bits per heavy atom. The van der Waals surface area contributed by atoms with Crippen LogP contribution in [-0.4, -0.2) is 22.1 Å². The highest BCUT2D eigenvalue weighted by atomic mass is 35.5. The van der Waals surface area contributed by atoms with Crippen LogP contribution in [0.25, 0.3) is 11.0 Å². The number of aryl methyl sites for hydroxylation is 1. The van der Waals surface area contributed by atoms with E-state index in [0.29, 0.717) is 23.7 Å². The van der Waals surface area contributed by atoms with Crippen molar-refractivity contribution in [3.63, 3.8) is 0 Å². The molecule has 0 spiro atoms. The van der Waals surface area contributed by atoms with Crippen LogP contribution >= 0.6 is 11.6 Å². The normalized spacial score (nSPS) is 10.8. The zero-order valence-corrected chi connectivity index (χ0v) is 17.2. The molecule has 4 rings (SSSR count). The Morgan fingerprint density at radius 2 is 1.70 bits per heavy atom. The van der Waals surface area contributed by atoms with Gasteiger partial charge >= 0.3 is 0 Å². The van der Waals surface area contributed by atoms with Crippen molar-refractivity contribution in [2.45, 2.75) is 19.5 Å². The minimum absolute atomic E-state index is 0.216. The number of para-hydroxylation sites is 3. The predicted octanol–water partition coefficient (Wildman–Crippen LogP) is 5.09. The number of carbonyl (C=O) groups excluding carboxylic acids is 1. The molecule has 1 aromatic heterocycles. The molecule has 5 nitrogen and oxygen atoms in total. The molecule has 3 aromatic carbocycles. The number of nitrogens with zero attached hydrogens (tertiary/aromatic N) is 2. The molecule has 0 aliphatic carbocycles. The Bertz CT molecular complexity index is 1140. The molecule has 0 bridgehead atoms. The van der Waals surface area contributed by atoms with Crippen LogP contribution in [0.4, 0.5) is 0 Å². The highest BCUT2D eigenvalue weighted by molar-refractivity contribution is 6.33. The van der Waals surface area contributed by atoms with Crippen molar-refractivity contribution in [2.24, 2.45) is 0 Å². The van der Waals surface area contributed by atoms with Gasteiger partial charge in [0.15, 0.2) is 0 Å². The van der Waals surface area contributed by atoms with Gasteiger partial charge in [-0.15, -0.1) is 0 Å². The second-order valence-electron chi connectivity index (χ2n) is 6.85. The Hall–Kier alpha value is -3.31. The number of hydrogen-bond donors (Lipinski definition) is 1. The van der Waals surface area contributed by atoms with Gasteiger partial charge in [-0.25, -0.2) is 4.98 Å². The highest BCUT2D eigenvalue weighted by Gasteiger charge is 2.14. The van der Waals surface area contributed by atoms with Crippen LogP contribution in [-0.2, 0) is 13.1 Å². The molecule has 1 amide bonds. The van der Waals surface area contributed by atoms with Gasteiger partial charge in [0.1, 0.15) is 11.6 Å². The van der Waals surface area contributed by atoms with Gasteiger partial charge in [0.2, 0.25) is 0 Å². The van der Waals surface area contributed by atoms with Crippen molar-refractivity contribution in [2.75, 3.05) is 6.61 Å². The summed E-state index contributed by atoms with van der Waals surface area (Å²) in [5.41, 5.74) is 2.40. The van der Waals surface area contributed by atoms with Crippen LogP contribution in [0.1, 0.15) is 22.6 Å². The third-order valence-electron chi connectivity index (χ3n) is 4.80. The third-order valence-corrected chi connectivity index (χ3v) is 5.13. The molecule has 30 heavy (non-hydrogen) atoms. The molecule has 0 unspecified atom stereocenters. The maximum atomic E-state index is 12.5. The lowest BCUT2D eigenvalue weighted by Crippen LogP contribution is -2.25. The molecule has 6 heteroatoms. The Kier molecular flexibility index (Phi) is 6.30. The van der Waals surface area contributed by atoms with E-state index in [1.807, 2.05) is 54.6 Å². The minimum atomic E-state index is -0.216. The summed E-state index contributed by atoms with van der Waals surface area (Å²) < 4.78 is 7.94. The van der Waals surface area contributed by atoms with Crippen LogP contribution in [0.15, 0.2) is 78.9 Å². The largest absolute Gasteiger partial charge is 0.494 e. The smallest absolute Gasteiger partial charge is 0.253 e. The average Bonchev–Trinajstić information content (AvgIpc) is 3.13. The molecular weight excluding hydrogens is 398 g/mol. The lowest BCUT2D eigenvalue weighted by atomic mass is 10.2. The number of nitrogens with one attached hydrogen (secondary N) is 1. The molecule has 0 saturated heterocycles. The quantitative estimate of drug-likeness (QED) is 0.405. The monoisotopic (exact) mass is 419 g/mol. The third kappa shape index (κ3) is 4.63. The second-order valence-corrected chi connectivity index (χ2v) is 7.25. The van der Waals surface area contributed by atoms with Gasteiger partial charge in [-0.3, -0.25) is 4.79 Å². The number of fused-ring (bicyclic) bond motifs is 1. The van der Waals surface area contributed by atoms with Gasteiger partial charge in [-0.2, -0.15) is 0 Å². The molecule has 4 aromatic rings. The first-order valence-electron chi connectivity index (χ1n) is 9.87. The van der Waals surface area contributed by atoms with E-state index in [-0.39, 0.29) is 5.91 Å². The van der Waals surface area contributed by atoms with Crippen LogP contribution in [0.5, 0.6) is 5.75 Å². The number of benzene rings is 3. The van der Waals surface area contributed by atoms with Crippen molar-refractivity contribution in [3.8, 4) is 5.75 Å². The van der Waals surface area contributed by atoms with Gasteiger partial charge in [0.05, 0.1) is 34.8 Å². The predicted molar refractivity (Wildman–Crippen MR) is 119 cm³/mol. The van der Waals surface area contributed by atoms with Gasteiger partial charge < -0.3 is 14.6 Å². The molecule has 1 heterocycles. The van der Waals surface area contributed by atoms with Crippen LogP contribution in [0, 0.1) is 0 Å². The van der Waals surface area contributed by atoms with E-state index >= 15 is 0 Å². The topological polar surface area (TPSA) is 56.2 Å². The van der Waals surface area contributed by atoms with Gasteiger partial charge in [0.25, 0.3) is 5.91 Å². The molecule has 1 N–H and O–H groups in total. The summed E-state index contributed by atoms with van der Waals surface area (Å²) in [6, 6.07) is 24.8. The second kappa shape index (κ2) is 9.46. The molecule has 0 aliphatic heterocycles. The number of ether oxygens (including phenoxy) is 1. The summed E-state index contributed by atoms with van der Waals surface area (Å²) in [5.74, 6) is 1.45. The van der Waals surface area contributed by atoms with E-state index in [2.05, 4.69) is 9.88 Å². The van der Waals surface area contributed by atoms with Gasteiger partial charge in [-0.1, -0.05) is 54.1 Å². The fourth-order valence-corrected chi connectivity index (χ4v) is 3.56. The van der Waals surface area contributed by atoms with Crippen LogP contribution in [0.2, 0.25) is 5.02 Å². The minimum Gasteiger partial charge on any atom is -0.494 e. The molecule has 0 fully saturated rings. The van der Waals surface area contributed by atoms with Crippen molar-refractivity contribution >= 4 is 28.5 Å². The number of hydrogen-bond acceptors (Lipinski definition) is 3.